The number of halogens is 1. The zero-order valence-electron chi connectivity index (χ0n) is 8.44. The van der Waals surface area contributed by atoms with E-state index < -0.39 is 0 Å². The van der Waals surface area contributed by atoms with Gasteiger partial charge < -0.3 is 10.8 Å². The molecule has 0 aromatic heterocycles. The summed E-state index contributed by atoms with van der Waals surface area (Å²) in [6, 6.07) is 8.24. The highest BCUT2D eigenvalue weighted by atomic mass is 35.5. The van der Waals surface area contributed by atoms with Crippen molar-refractivity contribution in [2.75, 3.05) is 6.61 Å². The fraction of sp³-hybridized carbons (Fsp3) is 0.455. The van der Waals surface area contributed by atoms with Crippen molar-refractivity contribution in [1.29, 1.82) is 0 Å². The molecule has 0 aliphatic carbocycles. The lowest BCUT2D eigenvalue weighted by atomic mass is 10.0. The first kappa shape index (κ1) is 13.4. The molecule has 0 saturated heterocycles. The average Bonchev–Trinajstić information content (AvgIpc) is 2.19. The lowest BCUT2D eigenvalue weighted by Gasteiger charge is -2.07. The maximum absolute atomic E-state index is 8.77. The van der Waals surface area contributed by atoms with E-state index in [4.69, 9.17) is 10.8 Å². The van der Waals surface area contributed by atoms with Crippen LogP contribution in [0.15, 0.2) is 24.3 Å². The van der Waals surface area contributed by atoms with Gasteiger partial charge in [0.15, 0.2) is 0 Å². The van der Waals surface area contributed by atoms with Gasteiger partial charge in [0.05, 0.1) is 6.61 Å². The monoisotopic (exact) mass is 215 g/mol. The van der Waals surface area contributed by atoms with Gasteiger partial charge in [-0.2, -0.15) is 0 Å². The number of aliphatic hydroxyl groups excluding tert-OH is 1. The first-order chi connectivity index (χ1) is 6.26. The van der Waals surface area contributed by atoms with Crippen LogP contribution >= 0.6 is 12.4 Å². The lowest BCUT2D eigenvalue weighted by molar-refractivity contribution is 0.265. The van der Waals surface area contributed by atoms with Crippen LogP contribution in [-0.4, -0.2) is 17.8 Å². The van der Waals surface area contributed by atoms with Gasteiger partial charge in [0.1, 0.15) is 0 Å². The van der Waals surface area contributed by atoms with Crippen LogP contribution in [0, 0.1) is 0 Å². The number of hydrogen-bond donors (Lipinski definition) is 2. The van der Waals surface area contributed by atoms with Crippen molar-refractivity contribution in [1.82, 2.24) is 0 Å². The highest BCUT2D eigenvalue weighted by Gasteiger charge is 2.01. The first-order valence-corrected chi connectivity index (χ1v) is 4.70. The maximum atomic E-state index is 8.77. The van der Waals surface area contributed by atoms with Crippen LogP contribution in [-0.2, 0) is 12.8 Å². The van der Waals surface area contributed by atoms with E-state index in [0.29, 0.717) is 0 Å². The molecule has 1 unspecified atom stereocenters. The molecular weight excluding hydrogens is 198 g/mol. The molecule has 1 aromatic rings. The minimum Gasteiger partial charge on any atom is -0.395 e. The highest BCUT2D eigenvalue weighted by Crippen LogP contribution is 2.06. The van der Waals surface area contributed by atoms with Gasteiger partial charge in [-0.3, -0.25) is 0 Å². The van der Waals surface area contributed by atoms with Gasteiger partial charge in [-0.1, -0.05) is 31.2 Å². The van der Waals surface area contributed by atoms with Gasteiger partial charge in [-0.25, -0.2) is 0 Å². The van der Waals surface area contributed by atoms with E-state index in [1.165, 1.54) is 11.1 Å². The number of aryl methyl sites for hydroxylation is 1. The third-order valence-electron chi connectivity index (χ3n) is 2.16. The molecule has 0 amide bonds. The minimum absolute atomic E-state index is 0. The molecule has 0 heterocycles. The first-order valence-electron chi connectivity index (χ1n) is 4.70. The summed E-state index contributed by atoms with van der Waals surface area (Å²) in [5, 5.41) is 8.77. The molecule has 1 atom stereocenters. The summed E-state index contributed by atoms with van der Waals surface area (Å²) in [5.74, 6) is 0. The second-order valence-corrected chi connectivity index (χ2v) is 3.32. The Labute approximate surface area is 91.5 Å². The molecular formula is C11H18ClNO. The summed E-state index contributed by atoms with van der Waals surface area (Å²) in [4.78, 5) is 0. The molecule has 3 N–H and O–H groups in total. The van der Waals surface area contributed by atoms with Crippen molar-refractivity contribution in [2.45, 2.75) is 25.8 Å². The number of hydrogen-bond acceptors (Lipinski definition) is 2. The Kier molecular flexibility index (Phi) is 6.54. The Morgan fingerprint density at radius 3 is 2.14 bits per heavy atom. The van der Waals surface area contributed by atoms with Crippen molar-refractivity contribution in [2.24, 2.45) is 5.73 Å². The topological polar surface area (TPSA) is 46.2 Å². The van der Waals surface area contributed by atoms with Gasteiger partial charge in [0, 0.05) is 6.04 Å². The van der Waals surface area contributed by atoms with Crippen molar-refractivity contribution >= 4 is 12.4 Å². The van der Waals surface area contributed by atoms with Crippen molar-refractivity contribution in [3.63, 3.8) is 0 Å². The van der Waals surface area contributed by atoms with Gasteiger partial charge in [-0.05, 0) is 24.0 Å². The smallest absolute Gasteiger partial charge is 0.0585 e. The van der Waals surface area contributed by atoms with Gasteiger partial charge in [0.25, 0.3) is 0 Å². The van der Waals surface area contributed by atoms with Gasteiger partial charge in [0.2, 0.25) is 0 Å². The quantitative estimate of drug-likeness (QED) is 0.801. The van der Waals surface area contributed by atoms with Crippen molar-refractivity contribution < 1.29 is 5.11 Å². The summed E-state index contributed by atoms with van der Waals surface area (Å²) >= 11 is 0. The standard InChI is InChI=1S/C11H17NO.ClH/c1-2-9-3-5-10(6-4-9)7-11(12)8-13;/h3-6,11,13H,2,7-8,12H2,1H3;1H. The zero-order valence-corrected chi connectivity index (χ0v) is 9.26. The molecule has 0 spiro atoms. The molecule has 0 saturated carbocycles. The van der Waals surface area contributed by atoms with E-state index in [2.05, 4.69) is 31.2 Å². The van der Waals surface area contributed by atoms with Crippen LogP contribution in [0.5, 0.6) is 0 Å². The Balaban J connectivity index is 0.00000169. The van der Waals surface area contributed by atoms with Gasteiger partial charge >= 0.3 is 0 Å². The Bertz CT molecular complexity index is 248. The minimum atomic E-state index is -0.132. The van der Waals surface area contributed by atoms with Crippen LogP contribution in [0.2, 0.25) is 0 Å². The number of aliphatic hydroxyl groups is 1. The van der Waals surface area contributed by atoms with E-state index in [1.54, 1.807) is 0 Å². The predicted molar refractivity (Wildman–Crippen MR) is 61.8 cm³/mol. The predicted octanol–water partition coefficient (Wildman–Crippen LogP) is 1.53. The van der Waals surface area contributed by atoms with Crippen molar-refractivity contribution in [3.8, 4) is 0 Å². The molecule has 1 rings (SSSR count). The summed E-state index contributed by atoms with van der Waals surface area (Å²) in [6.07, 6.45) is 1.81. The van der Waals surface area contributed by atoms with E-state index in [1.807, 2.05) is 0 Å². The fourth-order valence-corrected chi connectivity index (χ4v) is 1.28. The van der Waals surface area contributed by atoms with Gasteiger partial charge in [-0.15, -0.1) is 12.4 Å². The van der Waals surface area contributed by atoms with E-state index in [0.717, 1.165) is 12.8 Å². The maximum Gasteiger partial charge on any atom is 0.0585 e. The average molecular weight is 216 g/mol. The van der Waals surface area contributed by atoms with Crippen LogP contribution in [0.1, 0.15) is 18.1 Å². The molecule has 0 aliphatic heterocycles. The Hall–Kier alpha value is -0.570. The fourth-order valence-electron chi connectivity index (χ4n) is 1.28. The second-order valence-electron chi connectivity index (χ2n) is 3.32. The third kappa shape index (κ3) is 4.09. The number of benzene rings is 1. The van der Waals surface area contributed by atoms with E-state index in [9.17, 15) is 0 Å². The largest absolute Gasteiger partial charge is 0.395 e. The zero-order chi connectivity index (χ0) is 9.68. The highest BCUT2D eigenvalue weighted by molar-refractivity contribution is 5.85. The normalized spacial score (nSPS) is 11.9. The number of rotatable bonds is 4. The summed E-state index contributed by atoms with van der Waals surface area (Å²) in [7, 11) is 0. The second kappa shape index (κ2) is 6.82. The van der Waals surface area contributed by atoms with Crippen LogP contribution in [0.25, 0.3) is 0 Å². The molecule has 14 heavy (non-hydrogen) atoms. The summed E-state index contributed by atoms with van der Waals surface area (Å²) in [6.45, 7) is 2.18. The van der Waals surface area contributed by atoms with Crippen LogP contribution < -0.4 is 5.73 Å². The molecule has 0 bridgehead atoms. The van der Waals surface area contributed by atoms with Crippen LogP contribution in [0.4, 0.5) is 0 Å². The molecule has 0 aliphatic rings. The third-order valence-corrected chi connectivity index (χ3v) is 2.16. The molecule has 3 heteroatoms. The summed E-state index contributed by atoms with van der Waals surface area (Å²) in [5.41, 5.74) is 8.15. The number of nitrogens with two attached hydrogens (primary N) is 1. The molecule has 0 radical (unpaired) electrons. The van der Waals surface area contributed by atoms with E-state index >= 15 is 0 Å². The molecule has 1 aromatic carbocycles. The SMILES string of the molecule is CCc1ccc(CC(N)CO)cc1.Cl. The molecule has 2 nitrogen and oxygen atoms in total. The molecule has 0 fully saturated rings. The van der Waals surface area contributed by atoms with E-state index in [-0.39, 0.29) is 25.1 Å². The lowest BCUT2D eigenvalue weighted by Crippen LogP contribution is -2.26. The Morgan fingerprint density at radius 1 is 1.21 bits per heavy atom. The Morgan fingerprint density at radius 2 is 1.71 bits per heavy atom. The molecule has 80 valence electrons. The summed E-state index contributed by atoms with van der Waals surface area (Å²) < 4.78 is 0. The van der Waals surface area contributed by atoms with Crippen LogP contribution in [0.3, 0.4) is 0 Å². The van der Waals surface area contributed by atoms with Crippen molar-refractivity contribution in [3.05, 3.63) is 35.4 Å².